The molecule has 1 aromatic carbocycles. The summed E-state index contributed by atoms with van der Waals surface area (Å²) in [7, 11) is 1.75. The van der Waals surface area contributed by atoms with Crippen molar-refractivity contribution in [1.82, 2.24) is 20.0 Å². The number of aryl methyl sites for hydroxylation is 2. The van der Waals surface area contributed by atoms with E-state index in [0.717, 1.165) is 29.9 Å². The summed E-state index contributed by atoms with van der Waals surface area (Å²) in [5.41, 5.74) is 2.77. The molecule has 0 spiro atoms. The predicted octanol–water partition coefficient (Wildman–Crippen LogP) is 1.82. The van der Waals surface area contributed by atoms with Crippen LogP contribution < -0.4 is 5.32 Å². The molecule has 0 bridgehead atoms. The molecule has 1 aromatic heterocycles. The van der Waals surface area contributed by atoms with Gasteiger partial charge in [0, 0.05) is 13.6 Å². The fourth-order valence-corrected chi connectivity index (χ4v) is 3.35. The first-order valence-corrected chi connectivity index (χ1v) is 9.23. The number of hydrogen-bond acceptors (Lipinski definition) is 4. The molecule has 2 heterocycles. The van der Waals surface area contributed by atoms with Crippen LogP contribution in [0.1, 0.15) is 36.3 Å². The minimum Gasteiger partial charge on any atom is -0.356 e. The number of aromatic nitrogens is 2. The average molecular weight is 370 g/mol. The third-order valence-corrected chi connectivity index (χ3v) is 4.61. The highest BCUT2D eigenvalue weighted by Gasteiger charge is 2.37. The quantitative estimate of drug-likeness (QED) is 0.841. The second kappa shape index (κ2) is 8.35. The van der Waals surface area contributed by atoms with Crippen molar-refractivity contribution < 1.29 is 14.3 Å². The predicted molar refractivity (Wildman–Crippen MR) is 101 cm³/mol. The van der Waals surface area contributed by atoms with Gasteiger partial charge >= 0.3 is 0 Å². The third-order valence-electron chi connectivity index (χ3n) is 4.61. The summed E-state index contributed by atoms with van der Waals surface area (Å²) in [6, 6.07) is 10.9. The topological polar surface area (TPSA) is 76.5 Å². The van der Waals surface area contributed by atoms with Crippen LogP contribution in [-0.2, 0) is 27.4 Å². The number of hydrogen-bond donors (Lipinski definition) is 1. The van der Waals surface area contributed by atoms with Crippen molar-refractivity contribution in [2.45, 2.75) is 45.5 Å². The van der Waals surface area contributed by atoms with Crippen LogP contribution >= 0.6 is 0 Å². The van der Waals surface area contributed by atoms with Gasteiger partial charge in [-0.3, -0.25) is 14.3 Å². The van der Waals surface area contributed by atoms with Crippen LogP contribution in [0.4, 0.5) is 0 Å². The van der Waals surface area contributed by atoms with Gasteiger partial charge in [-0.1, -0.05) is 37.3 Å². The molecule has 1 aliphatic rings. The second-order valence-corrected chi connectivity index (χ2v) is 6.88. The first-order valence-electron chi connectivity index (χ1n) is 9.23. The van der Waals surface area contributed by atoms with E-state index in [0.29, 0.717) is 6.54 Å². The molecule has 7 heteroatoms. The van der Waals surface area contributed by atoms with Gasteiger partial charge in [-0.25, -0.2) is 0 Å². The van der Waals surface area contributed by atoms with E-state index in [-0.39, 0.29) is 18.4 Å². The Morgan fingerprint density at radius 1 is 1.37 bits per heavy atom. The summed E-state index contributed by atoms with van der Waals surface area (Å²) in [6.07, 6.45) is 0.221. The Hall–Kier alpha value is -2.67. The van der Waals surface area contributed by atoms with E-state index < -0.39 is 12.1 Å². The highest BCUT2D eigenvalue weighted by Crippen LogP contribution is 2.24. The monoisotopic (exact) mass is 370 g/mol. The SMILES string of the molecule is CCCn1nc(C)cc1CN(C)C(=O)[C@@H]1OCC(=O)N[C@H]1c1ccccc1. The number of likely N-dealkylation sites (N-methyl/N-ethyl adjacent to an activating group) is 1. The molecule has 7 nitrogen and oxygen atoms in total. The molecule has 2 amide bonds. The van der Waals surface area contributed by atoms with E-state index in [1.54, 1.807) is 11.9 Å². The lowest BCUT2D eigenvalue weighted by atomic mass is 9.99. The van der Waals surface area contributed by atoms with Gasteiger partial charge in [0.1, 0.15) is 6.61 Å². The number of morpholine rings is 1. The lowest BCUT2D eigenvalue weighted by Gasteiger charge is -2.34. The molecular weight excluding hydrogens is 344 g/mol. The fraction of sp³-hybridized carbons (Fsp3) is 0.450. The standard InChI is InChI=1S/C20H26N4O3/c1-4-10-24-16(11-14(2)22-24)12-23(3)20(26)19-18(21-17(25)13-27-19)15-8-6-5-7-9-15/h5-9,11,18-19H,4,10,12-13H2,1-3H3,(H,21,25)/t18-,19+/m0/s1. The Morgan fingerprint density at radius 2 is 2.11 bits per heavy atom. The van der Waals surface area contributed by atoms with E-state index in [1.165, 1.54) is 0 Å². The first-order chi connectivity index (χ1) is 13.0. The van der Waals surface area contributed by atoms with E-state index in [4.69, 9.17) is 4.74 Å². The van der Waals surface area contributed by atoms with Crippen molar-refractivity contribution in [2.75, 3.05) is 13.7 Å². The smallest absolute Gasteiger partial charge is 0.254 e. The molecule has 2 atom stereocenters. The molecule has 0 unspecified atom stereocenters. The third kappa shape index (κ3) is 4.36. The maximum Gasteiger partial charge on any atom is 0.254 e. The van der Waals surface area contributed by atoms with Crippen molar-refractivity contribution in [2.24, 2.45) is 0 Å². The summed E-state index contributed by atoms with van der Waals surface area (Å²) in [5, 5.41) is 7.38. The number of carbonyl (C=O) groups is 2. The van der Waals surface area contributed by atoms with Crippen LogP contribution in [0.2, 0.25) is 0 Å². The lowest BCUT2D eigenvalue weighted by Crippen LogP contribution is -2.52. The summed E-state index contributed by atoms with van der Waals surface area (Å²) in [4.78, 5) is 26.6. The number of amides is 2. The van der Waals surface area contributed by atoms with Crippen molar-refractivity contribution in [1.29, 1.82) is 0 Å². The summed E-state index contributed by atoms with van der Waals surface area (Å²) >= 11 is 0. The van der Waals surface area contributed by atoms with E-state index in [1.807, 2.05) is 48.0 Å². The van der Waals surface area contributed by atoms with Gasteiger partial charge < -0.3 is 15.0 Å². The Balaban J connectivity index is 1.77. The molecule has 0 aliphatic carbocycles. The zero-order valence-corrected chi connectivity index (χ0v) is 16.0. The van der Waals surface area contributed by atoms with Crippen molar-refractivity contribution >= 4 is 11.8 Å². The van der Waals surface area contributed by atoms with E-state index in [2.05, 4.69) is 17.3 Å². The van der Waals surface area contributed by atoms with Gasteiger partial charge in [-0.2, -0.15) is 5.10 Å². The second-order valence-electron chi connectivity index (χ2n) is 6.88. The minimum absolute atomic E-state index is 0.111. The number of nitrogens with zero attached hydrogens (tertiary/aromatic N) is 3. The minimum atomic E-state index is -0.751. The summed E-state index contributed by atoms with van der Waals surface area (Å²) < 4.78 is 7.58. The highest BCUT2D eigenvalue weighted by atomic mass is 16.5. The average Bonchev–Trinajstić information content (AvgIpc) is 3.01. The van der Waals surface area contributed by atoms with E-state index >= 15 is 0 Å². The van der Waals surface area contributed by atoms with Gasteiger partial charge in [0.2, 0.25) is 5.91 Å². The van der Waals surface area contributed by atoms with Crippen LogP contribution in [0.25, 0.3) is 0 Å². The van der Waals surface area contributed by atoms with Crippen LogP contribution in [0.15, 0.2) is 36.4 Å². The Kier molecular flexibility index (Phi) is 5.91. The largest absolute Gasteiger partial charge is 0.356 e. The zero-order chi connectivity index (χ0) is 19.4. The maximum atomic E-state index is 13.1. The Morgan fingerprint density at radius 3 is 2.81 bits per heavy atom. The molecule has 1 N–H and O–H groups in total. The molecule has 0 radical (unpaired) electrons. The number of ether oxygens (including phenoxy) is 1. The molecule has 1 aliphatic heterocycles. The molecule has 144 valence electrons. The van der Waals surface area contributed by atoms with Crippen LogP contribution in [-0.4, -0.2) is 46.3 Å². The van der Waals surface area contributed by atoms with Crippen LogP contribution in [0.3, 0.4) is 0 Å². The number of rotatable bonds is 6. The number of carbonyl (C=O) groups excluding carboxylic acids is 2. The van der Waals surface area contributed by atoms with Crippen molar-refractivity contribution in [3.05, 3.63) is 53.3 Å². The Bertz CT molecular complexity index is 803. The van der Waals surface area contributed by atoms with Gasteiger partial charge in [0.15, 0.2) is 6.10 Å². The van der Waals surface area contributed by atoms with Gasteiger partial charge in [0.05, 0.1) is 24.0 Å². The number of benzene rings is 1. The molecule has 27 heavy (non-hydrogen) atoms. The van der Waals surface area contributed by atoms with Crippen molar-refractivity contribution in [3.63, 3.8) is 0 Å². The number of nitrogens with one attached hydrogen (secondary N) is 1. The Labute approximate surface area is 159 Å². The highest BCUT2D eigenvalue weighted by molar-refractivity contribution is 5.86. The van der Waals surface area contributed by atoms with Gasteiger partial charge in [-0.05, 0) is 25.0 Å². The molecule has 2 aromatic rings. The molecule has 1 saturated heterocycles. The van der Waals surface area contributed by atoms with Gasteiger partial charge in [-0.15, -0.1) is 0 Å². The molecule has 1 fully saturated rings. The van der Waals surface area contributed by atoms with Crippen LogP contribution in [0, 0.1) is 6.92 Å². The summed E-state index contributed by atoms with van der Waals surface area (Å²) in [6.45, 7) is 5.19. The zero-order valence-electron chi connectivity index (χ0n) is 16.0. The van der Waals surface area contributed by atoms with E-state index in [9.17, 15) is 9.59 Å². The molecule has 3 rings (SSSR count). The first kappa shape index (κ1) is 19.1. The fourth-order valence-electron chi connectivity index (χ4n) is 3.35. The maximum absolute atomic E-state index is 13.1. The summed E-state index contributed by atoms with van der Waals surface area (Å²) in [5.74, 6) is -0.377. The van der Waals surface area contributed by atoms with Gasteiger partial charge in [0.25, 0.3) is 5.91 Å². The van der Waals surface area contributed by atoms with Crippen molar-refractivity contribution in [3.8, 4) is 0 Å². The normalized spacial score (nSPS) is 19.6. The molecular formula is C20H26N4O3. The molecule has 0 saturated carbocycles. The lowest BCUT2D eigenvalue weighted by molar-refractivity contribution is -0.154. The van der Waals surface area contributed by atoms with Crippen LogP contribution in [0.5, 0.6) is 0 Å².